The highest BCUT2D eigenvalue weighted by Gasteiger charge is 2.20. The fraction of sp³-hybridized carbons (Fsp3) is 0.727. The summed E-state index contributed by atoms with van der Waals surface area (Å²) in [6.45, 7) is 1.99. The molecule has 1 aliphatic carbocycles. The van der Waals surface area contributed by atoms with Gasteiger partial charge in [0.1, 0.15) is 5.78 Å². The minimum absolute atomic E-state index is 0.248. The topological polar surface area (TPSA) is 17.1 Å². The van der Waals surface area contributed by atoms with Crippen molar-refractivity contribution in [2.45, 2.75) is 45.4 Å². The van der Waals surface area contributed by atoms with E-state index in [2.05, 4.69) is 0 Å². The zero-order valence-electron chi connectivity index (χ0n) is 8.18. The molecule has 1 fully saturated rings. The van der Waals surface area contributed by atoms with Crippen molar-refractivity contribution in [2.75, 3.05) is 0 Å². The first-order valence-corrected chi connectivity index (χ1v) is 5.46. The van der Waals surface area contributed by atoms with Crippen LogP contribution in [0.1, 0.15) is 45.4 Å². The second-order valence-corrected chi connectivity index (χ2v) is 4.14. The molecule has 0 N–H and O–H groups in total. The highest BCUT2D eigenvalue weighted by Crippen LogP contribution is 2.25. The third-order valence-electron chi connectivity index (χ3n) is 2.69. The summed E-state index contributed by atoms with van der Waals surface area (Å²) in [6.07, 6.45) is 6.19. The van der Waals surface area contributed by atoms with Gasteiger partial charge < -0.3 is 0 Å². The van der Waals surface area contributed by atoms with Crippen molar-refractivity contribution in [2.24, 2.45) is 5.92 Å². The van der Waals surface area contributed by atoms with E-state index in [9.17, 15) is 4.79 Å². The monoisotopic (exact) mass is 200 g/mol. The summed E-state index contributed by atoms with van der Waals surface area (Å²) in [5, 5.41) is 0. The van der Waals surface area contributed by atoms with E-state index >= 15 is 0 Å². The van der Waals surface area contributed by atoms with Crippen molar-refractivity contribution in [1.82, 2.24) is 0 Å². The van der Waals surface area contributed by atoms with E-state index in [1.807, 2.05) is 6.92 Å². The highest BCUT2D eigenvalue weighted by atomic mass is 35.5. The van der Waals surface area contributed by atoms with Gasteiger partial charge in [0.05, 0.1) is 0 Å². The predicted octanol–water partition coefficient (Wildman–Crippen LogP) is 3.67. The van der Waals surface area contributed by atoms with Crippen LogP contribution in [0.5, 0.6) is 0 Å². The Balaban J connectivity index is 2.50. The van der Waals surface area contributed by atoms with Crippen LogP contribution in [0.4, 0.5) is 0 Å². The minimum atomic E-state index is 0.248. The minimum Gasteiger partial charge on any atom is -0.299 e. The molecule has 0 bridgehead atoms. The fourth-order valence-corrected chi connectivity index (χ4v) is 1.97. The highest BCUT2D eigenvalue weighted by molar-refractivity contribution is 6.25. The van der Waals surface area contributed by atoms with E-state index < -0.39 is 0 Å². The lowest BCUT2D eigenvalue weighted by molar-refractivity contribution is -0.122. The average molecular weight is 201 g/mol. The molecular weight excluding hydrogens is 184 g/mol. The van der Waals surface area contributed by atoms with Crippen molar-refractivity contribution in [3.8, 4) is 0 Å². The number of halogens is 1. The molecule has 74 valence electrons. The number of ketones is 1. The van der Waals surface area contributed by atoms with Crippen molar-refractivity contribution in [3.05, 3.63) is 11.1 Å². The lowest BCUT2D eigenvalue weighted by atomic mass is 9.92. The van der Waals surface area contributed by atoms with Gasteiger partial charge in [0, 0.05) is 17.9 Å². The number of carbonyl (C=O) groups excluding carboxylic acids is 1. The number of Topliss-reactive ketones (excluding diaryl/α,β-unsaturated/α-hetero) is 1. The zero-order chi connectivity index (χ0) is 9.68. The van der Waals surface area contributed by atoms with E-state index in [0.29, 0.717) is 5.78 Å². The van der Waals surface area contributed by atoms with Gasteiger partial charge in [0.15, 0.2) is 0 Å². The van der Waals surface area contributed by atoms with Crippen LogP contribution >= 0.6 is 11.6 Å². The summed E-state index contributed by atoms with van der Waals surface area (Å²) in [5.74, 6) is 0.688. The smallest absolute Gasteiger partial charge is 0.136 e. The quantitative estimate of drug-likeness (QED) is 0.622. The Morgan fingerprint density at radius 2 is 2.31 bits per heavy atom. The third-order valence-corrected chi connectivity index (χ3v) is 3.06. The van der Waals surface area contributed by atoms with Crippen LogP contribution in [0.15, 0.2) is 11.1 Å². The molecule has 13 heavy (non-hydrogen) atoms. The molecule has 1 saturated carbocycles. The molecule has 0 amide bonds. The molecule has 1 unspecified atom stereocenters. The maximum atomic E-state index is 11.6. The first kappa shape index (κ1) is 10.8. The first-order valence-electron chi connectivity index (χ1n) is 5.02. The molecule has 0 aromatic heterocycles. The van der Waals surface area contributed by atoms with E-state index in [-0.39, 0.29) is 5.92 Å². The normalized spacial score (nSPS) is 25.8. The number of hydrogen-bond acceptors (Lipinski definition) is 1. The summed E-state index contributed by atoms with van der Waals surface area (Å²) in [5.41, 5.74) is 2.72. The SMILES string of the molecule is C/C(=C\Cl)CC1CCCCCC1=O. The standard InChI is InChI=1S/C11H17ClO/c1-9(8-12)7-10-5-3-2-4-6-11(10)13/h8,10H,2-7H2,1H3/b9-8+. The predicted molar refractivity (Wildman–Crippen MR) is 55.8 cm³/mol. The van der Waals surface area contributed by atoms with Crippen LogP contribution in [0.25, 0.3) is 0 Å². The molecule has 1 nitrogen and oxygen atoms in total. The lowest BCUT2D eigenvalue weighted by Gasteiger charge is -2.12. The third kappa shape index (κ3) is 3.51. The maximum Gasteiger partial charge on any atom is 0.136 e. The van der Waals surface area contributed by atoms with Crippen LogP contribution in [-0.2, 0) is 4.79 Å². The number of hydrogen-bond donors (Lipinski definition) is 0. The van der Waals surface area contributed by atoms with Gasteiger partial charge in [-0.05, 0) is 26.2 Å². The van der Waals surface area contributed by atoms with E-state index in [4.69, 9.17) is 11.6 Å². The summed E-state index contributed by atoms with van der Waals surface area (Å²) >= 11 is 5.59. The van der Waals surface area contributed by atoms with Crippen LogP contribution < -0.4 is 0 Å². The Labute approximate surface area is 85.2 Å². The van der Waals surface area contributed by atoms with Gasteiger partial charge in [-0.3, -0.25) is 4.79 Å². The largest absolute Gasteiger partial charge is 0.299 e. The Morgan fingerprint density at radius 3 is 3.00 bits per heavy atom. The van der Waals surface area contributed by atoms with E-state index in [0.717, 1.165) is 31.3 Å². The molecule has 0 aromatic rings. The molecule has 0 aromatic carbocycles. The molecule has 2 heteroatoms. The number of rotatable bonds is 2. The van der Waals surface area contributed by atoms with Crippen LogP contribution in [0.2, 0.25) is 0 Å². The van der Waals surface area contributed by atoms with Crippen LogP contribution in [0, 0.1) is 5.92 Å². The van der Waals surface area contributed by atoms with Gasteiger partial charge in [-0.25, -0.2) is 0 Å². The molecule has 0 spiro atoms. The molecule has 0 heterocycles. The maximum absolute atomic E-state index is 11.6. The van der Waals surface area contributed by atoms with Crippen molar-refractivity contribution >= 4 is 17.4 Å². The van der Waals surface area contributed by atoms with Crippen molar-refractivity contribution in [3.63, 3.8) is 0 Å². The van der Waals surface area contributed by atoms with Gasteiger partial charge in [0.25, 0.3) is 0 Å². The lowest BCUT2D eigenvalue weighted by Crippen LogP contribution is -2.12. The molecule has 1 rings (SSSR count). The molecule has 1 atom stereocenters. The average Bonchev–Trinajstić information content (AvgIpc) is 2.32. The van der Waals surface area contributed by atoms with Gasteiger partial charge in [0.2, 0.25) is 0 Å². The Bertz CT molecular complexity index is 208. The van der Waals surface area contributed by atoms with Gasteiger partial charge in [-0.1, -0.05) is 30.0 Å². The van der Waals surface area contributed by atoms with E-state index in [1.54, 1.807) is 5.54 Å². The second-order valence-electron chi connectivity index (χ2n) is 3.92. The Hall–Kier alpha value is -0.300. The zero-order valence-corrected chi connectivity index (χ0v) is 8.94. The second kappa shape index (κ2) is 5.43. The molecule has 0 aliphatic heterocycles. The fourth-order valence-electron chi connectivity index (χ4n) is 1.88. The summed E-state index contributed by atoms with van der Waals surface area (Å²) < 4.78 is 0. The van der Waals surface area contributed by atoms with Crippen LogP contribution in [0.3, 0.4) is 0 Å². The number of carbonyl (C=O) groups is 1. The van der Waals surface area contributed by atoms with Crippen LogP contribution in [-0.4, -0.2) is 5.78 Å². The summed E-state index contributed by atoms with van der Waals surface area (Å²) in [6, 6.07) is 0. The van der Waals surface area contributed by atoms with Gasteiger partial charge in [-0.15, -0.1) is 0 Å². The van der Waals surface area contributed by atoms with Crippen molar-refractivity contribution < 1.29 is 4.79 Å². The van der Waals surface area contributed by atoms with Crippen molar-refractivity contribution in [1.29, 1.82) is 0 Å². The van der Waals surface area contributed by atoms with Gasteiger partial charge >= 0.3 is 0 Å². The first-order chi connectivity index (χ1) is 6.24. The molecule has 0 radical (unpaired) electrons. The Kier molecular flexibility index (Phi) is 4.51. The molecular formula is C11H17ClO. The Morgan fingerprint density at radius 1 is 1.54 bits per heavy atom. The van der Waals surface area contributed by atoms with Gasteiger partial charge in [-0.2, -0.15) is 0 Å². The van der Waals surface area contributed by atoms with E-state index in [1.165, 1.54) is 12.8 Å². The number of allylic oxidation sites excluding steroid dienone is 1. The molecule has 0 saturated heterocycles. The summed E-state index contributed by atoms with van der Waals surface area (Å²) in [4.78, 5) is 11.6. The molecule has 1 aliphatic rings. The summed E-state index contributed by atoms with van der Waals surface area (Å²) in [7, 11) is 0.